The molecule has 1 rings (SSSR count). The lowest BCUT2D eigenvalue weighted by Crippen LogP contribution is -2.54. The van der Waals surface area contributed by atoms with E-state index in [0.29, 0.717) is 6.42 Å². The average molecular weight is 334 g/mol. The molecule has 0 saturated heterocycles. The first-order chi connectivity index (χ1) is 10.6. The smallest absolute Gasteiger partial charge is 0.308 e. The molecule has 4 N–H and O–H groups in total. The summed E-state index contributed by atoms with van der Waals surface area (Å²) in [6.45, 7) is 4.85. The van der Waals surface area contributed by atoms with Crippen LogP contribution in [0.3, 0.4) is 0 Å². The summed E-state index contributed by atoms with van der Waals surface area (Å²) in [5.41, 5.74) is 0. The highest BCUT2D eigenvalue weighted by molar-refractivity contribution is 5.71. The first-order valence-corrected chi connectivity index (χ1v) is 7.72. The number of aliphatic hydroxyl groups is 3. The maximum Gasteiger partial charge on any atom is 0.308 e. The lowest BCUT2D eigenvalue weighted by Gasteiger charge is -2.39. The fraction of sp³-hybridized carbons (Fsp3) is 0.867. The van der Waals surface area contributed by atoms with Crippen molar-refractivity contribution in [1.29, 1.82) is 0 Å². The molecular formula is C15H26O8. The molecule has 0 aliphatic heterocycles. The van der Waals surface area contributed by atoms with Gasteiger partial charge in [0.05, 0.1) is 31.2 Å². The molecule has 7 atom stereocenters. The summed E-state index contributed by atoms with van der Waals surface area (Å²) in [6.07, 6.45) is -5.55. The number of carbonyl (C=O) groups excluding carboxylic acids is 1. The zero-order valence-corrected chi connectivity index (χ0v) is 13.6. The van der Waals surface area contributed by atoms with E-state index in [4.69, 9.17) is 14.6 Å². The van der Waals surface area contributed by atoms with Crippen molar-refractivity contribution < 1.29 is 39.5 Å². The van der Waals surface area contributed by atoms with Crippen LogP contribution in [-0.2, 0) is 19.1 Å². The highest BCUT2D eigenvalue weighted by Gasteiger charge is 2.41. The van der Waals surface area contributed by atoms with Crippen molar-refractivity contribution >= 4 is 11.9 Å². The zero-order valence-electron chi connectivity index (χ0n) is 13.6. The second-order valence-electron chi connectivity index (χ2n) is 6.27. The molecule has 1 saturated carbocycles. The number of hydrogen-bond acceptors (Lipinski definition) is 7. The molecule has 1 fully saturated rings. The Hall–Kier alpha value is -1.22. The molecule has 0 aromatic carbocycles. The predicted octanol–water partition coefficient (Wildman–Crippen LogP) is -0.321. The Labute approximate surface area is 135 Å². The van der Waals surface area contributed by atoms with Gasteiger partial charge in [0.2, 0.25) is 0 Å². The normalized spacial score (nSPS) is 33.7. The van der Waals surface area contributed by atoms with Gasteiger partial charge in [-0.05, 0) is 26.2 Å². The van der Waals surface area contributed by atoms with Gasteiger partial charge in [-0.3, -0.25) is 9.59 Å². The highest BCUT2D eigenvalue weighted by Crippen LogP contribution is 2.28. The van der Waals surface area contributed by atoms with E-state index in [9.17, 15) is 24.9 Å². The van der Waals surface area contributed by atoms with Crippen molar-refractivity contribution in [2.45, 2.75) is 76.7 Å². The molecule has 0 spiro atoms. The monoisotopic (exact) mass is 334 g/mol. The van der Waals surface area contributed by atoms with E-state index in [-0.39, 0.29) is 18.8 Å². The van der Waals surface area contributed by atoms with E-state index in [1.54, 1.807) is 13.8 Å². The molecular weight excluding hydrogens is 308 g/mol. The van der Waals surface area contributed by atoms with Crippen LogP contribution >= 0.6 is 0 Å². The Morgan fingerprint density at radius 2 is 1.65 bits per heavy atom. The number of rotatable bonds is 7. The minimum Gasteiger partial charge on any atom is -0.481 e. The van der Waals surface area contributed by atoms with Gasteiger partial charge in [0.25, 0.3) is 0 Å². The number of aliphatic hydroxyl groups excluding tert-OH is 3. The molecule has 0 amide bonds. The van der Waals surface area contributed by atoms with Gasteiger partial charge in [-0.2, -0.15) is 0 Å². The third-order valence-electron chi connectivity index (χ3n) is 3.92. The Morgan fingerprint density at radius 3 is 2.22 bits per heavy atom. The maximum absolute atomic E-state index is 11.7. The summed E-state index contributed by atoms with van der Waals surface area (Å²) in [6, 6.07) is 0. The number of carbonyl (C=O) groups is 2. The summed E-state index contributed by atoms with van der Waals surface area (Å²) in [5, 5.41) is 38.0. The molecule has 1 aliphatic rings. The van der Waals surface area contributed by atoms with Crippen LogP contribution < -0.4 is 0 Å². The maximum atomic E-state index is 11.7. The molecule has 0 aromatic rings. The van der Waals surface area contributed by atoms with Gasteiger partial charge in [-0.1, -0.05) is 6.92 Å². The average Bonchev–Trinajstić information content (AvgIpc) is 2.41. The van der Waals surface area contributed by atoms with Crippen molar-refractivity contribution in [1.82, 2.24) is 0 Å². The van der Waals surface area contributed by atoms with Gasteiger partial charge in [0.15, 0.2) is 0 Å². The molecule has 8 nitrogen and oxygen atoms in total. The van der Waals surface area contributed by atoms with Crippen LogP contribution in [0, 0.1) is 5.92 Å². The second kappa shape index (κ2) is 8.58. The minimum absolute atomic E-state index is 0.0970. The van der Waals surface area contributed by atoms with Gasteiger partial charge in [0, 0.05) is 0 Å². The van der Waals surface area contributed by atoms with Crippen molar-refractivity contribution in [2.24, 2.45) is 5.92 Å². The van der Waals surface area contributed by atoms with Gasteiger partial charge in [-0.15, -0.1) is 0 Å². The Bertz CT molecular complexity index is 412. The standard InChI is InChI=1S/C15H26O8/c1-7-4-10(14(20)15(21)13(7)19)22-9(3)6-12(18)23-8(2)5-11(16)17/h7-10,13-15,19-21H,4-6H2,1-3H3,(H,16,17). The minimum atomic E-state index is -1.29. The fourth-order valence-electron chi connectivity index (χ4n) is 2.68. The van der Waals surface area contributed by atoms with E-state index in [0.717, 1.165) is 0 Å². The number of hydrogen-bond donors (Lipinski definition) is 4. The third kappa shape index (κ3) is 6.06. The first kappa shape index (κ1) is 19.8. The molecule has 8 heteroatoms. The highest BCUT2D eigenvalue weighted by atomic mass is 16.6. The number of ether oxygens (including phenoxy) is 2. The summed E-state index contributed by atoms with van der Waals surface area (Å²) in [4.78, 5) is 22.2. The molecule has 0 radical (unpaired) electrons. The summed E-state index contributed by atoms with van der Waals surface area (Å²) >= 11 is 0. The predicted molar refractivity (Wildman–Crippen MR) is 78.6 cm³/mol. The molecule has 0 bridgehead atoms. The van der Waals surface area contributed by atoms with Crippen molar-refractivity contribution in [3.8, 4) is 0 Å². The largest absolute Gasteiger partial charge is 0.481 e. The van der Waals surface area contributed by atoms with E-state index in [2.05, 4.69) is 0 Å². The summed E-state index contributed by atoms with van der Waals surface area (Å²) in [7, 11) is 0. The lowest BCUT2D eigenvalue weighted by atomic mass is 9.82. The van der Waals surface area contributed by atoms with Crippen LogP contribution in [0.4, 0.5) is 0 Å². The van der Waals surface area contributed by atoms with Gasteiger partial charge >= 0.3 is 11.9 Å². The fourth-order valence-corrected chi connectivity index (χ4v) is 2.68. The Balaban J connectivity index is 2.45. The van der Waals surface area contributed by atoms with Crippen molar-refractivity contribution in [2.75, 3.05) is 0 Å². The van der Waals surface area contributed by atoms with Crippen LogP contribution in [0.25, 0.3) is 0 Å². The number of aliphatic carboxylic acids is 1. The molecule has 7 unspecified atom stereocenters. The molecule has 134 valence electrons. The van der Waals surface area contributed by atoms with Crippen LogP contribution in [0.2, 0.25) is 0 Å². The first-order valence-electron chi connectivity index (χ1n) is 7.72. The topological polar surface area (TPSA) is 134 Å². The molecule has 1 aliphatic carbocycles. The van der Waals surface area contributed by atoms with Crippen LogP contribution in [0.15, 0.2) is 0 Å². The van der Waals surface area contributed by atoms with E-state index in [1.807, 2.05) is 0 Å². The molecule has 23 heavy (non-hydrogen) atoms. The molecule has 0 heterocycles. The third-order valence-corrected chi connectivity index (χ3v) is 3.92. The quantitative estimate of drug-likeness (QED) is 0.465. The van der Waals surface area contributed by atoms with Gasteiger partial charge in [-0.25, -0.2) is 0 Å². The Morgan fingerprint density at radius 1 is 1.04 bits per heavy atom. The van der Waals surface area contributed by atoms with Crippen LogP contribution in [-0.4, -0.2) is 69.0 Å². The van der Waals surface area contributed by atoms with E-state index >= 15 is 0 Å². The van der Waals surface area contributed by atoms with Gasteiger partial charge < -0.3 is 29.9 Å². The zero-order chi connectivity index (χ0) is 17.7. The van der Waals surface area contributed by atoms with Crippen molar-refractivity contribution in [3.05, 3.63) is 0 Å². The van der Waals surface area contributed by atoms with Crippen LogP contribution in [0.1, 0.15) is 40.0 Å². The van der Waals surface area contributed by atoms with Crippen LogP contribution in [0.5, 0.6) is 0 Å². The van der Waals surface area contributed by atoms with Gasteiger partial charge in [0.1, 0.15) is 18.3 Å². The lowest BCUT2D eigenvalue weighted by molar-refractivity contribution is -0.185. The summed E-state index contributed by atoms with van der Waals surface area (Å²) < 4.78 is 10.5. The van der Waals surface area contributed by atoms with E-state index < -0.39 is 48.6 Å². The van der Waals surface area contributed by atoms with E-state index in [1.165, 1.54) is 6.92 Å². The van der Waals surface area contributed by atoms with Crippen molar-refractivity contribution in [3.63, 3.8) is 0 Å². The number of carboxylic acid groups (broad SMARTS) is 1. The second-order valence-corrected chi connectivity index (χ2v) is 6.27. The Kier molecular flexibility index (Phi) is 7.40. The number of esters is 1. The summed E-state index contributed by atoms with van der Waals surface area (Å²) in [5.74, 6) is -1.89. The molecule has 0 aromatic heterocycles. The SMILES string of the molecule is CC(CC(=O)O)OC(=O)CC(C)OC1CC(C)C(O)C(O)C1O. The number of carboxylic acids is 1.